The summed E-state index contributed by atoms with van der Waals surface area (Å²) in [6, 6.07) is 5.09. The number of carbonyl (C=O) groups is 1. The molecule has 5 heteroatoms. The zero-order valence-corrected chi connectivity index (χ0v) is 11.1. The number of aryl methyl sites for hydroxylation is 1. The topological polar surface area (TPSA) is 64.3 Å². The van der Waals surface area contributed by atoms with Crippen LogP contribution in [0, 0.1) is 6.92 Å². The average molecular weight is 259 g/mol. The van der Waals surface area contributed by atoms with Crippen molar-refractivity contribution in [1.82, 2.24) is 0 Å². The van der Waals surface area contributed by atoms with Crippen LogP contribution in [0.1, 0.15) is 19.4 Å². The summed E-state index contributed by atoms with van der Waals surface area (Å²) in [7, 11) is 0. The lowest BCUT2D eigenvalue weighted by Gasteiger charge is -2.13. The summed E-state index contributed by atoms with van der Waals surface area (Å²) in [4.78, 5) is 11.5. The third kappa shape index (κ3) is 4.63. The molecule has 4 nitrogen and oxygen atoms in total. The smallest absolute Gasteiger partial charge is 0.241 e. The predicted octanol–water partition coefficient (Wildman–Crippen LogP) is 2.10. The largest absolute Gasteiger partial charge is 0.492 e. The van der Waals surface area contributed by atoms with Gasteiger partial charge in [-0.1, -0.05) is 6.07 Å². The van der Waals surface area contributed by atoms with E-state index in [2.05, 4.69) is 5.32 Å². The first-order valence-electron chi connectivity index (χ1n) is 5.34. The molecule has 1 aromatic carbocycles. The standard InChI is InChI=1S/C12H18N2O2.ClH/c1-4-16-11-7-8(2)5-6-10(11)14-12(15)9(3)13;/h5-7,9H,4,13H2,1-3H3,(H,14,15);1H/t9-;/m0./s1. The number of benzene rings is 1. The van der Waals surface area contributed by atoms with Gasteiger partial charge in [-0.3, -0.25) is 4.79 Å². The maximum absolute atomic E-state index is 11.5. The zero-order valence-electron chi connectivity index (χ0n) is 10.3. The Labute approximate surface area is 108 Å². The molecule has 0 aromatic heterocycles. The highest BCUT2D eigenvalue weighted by molar-refractivity contribution is 5.95. The van der Waals surface area contributed by atoms with Crippen LogP contribution in [0.3, 0.4) is 0 Å². The molecule has 0 aliphatic rings. The molecule has 17 heavy (non-hydrogen) atoms. The van der Waals surface area contributed by atoms with Crippen LogP contribution >= 0.6 is 12.4 Å². The fraction of sp³-hybridized carbons (Fsp3) is 0.417. The van der Waals surface area contributed by atoms with Gasteiger partial charge in [-0.25, -0.2) is 0 Å². The van der Waals surface area contributed by atoms with E-state index >= 15 is 0 Å². The first kappa shape index (κ1) is 15.7. The summed E-state index contributed by atoms with van der Waals surface area (Å²) >= 11 is 0. The second-order valence-electron chi connectivity index (χ2n) is 3.71. The molecule has 1 atom stereocenters. The number of carbonyl (C=O) groups excluding carboxylic acids is 1. The molecule has 0 saturated heterocycles. The Kier molecular flexibility index (Phi) is 6.61. The molecule has 0 radical (unpaired) electrons. The normalized spacial score (nSPS) is 11.3. The molecular weight excluding hydrogens is 240 g/mol. The van der Waals surface area contributed by atoms with Crippen molar-refractivity contribution >= 4 is 24.0 Å². The van der Waals surface area contributed by atoms with Crippen LogP contribution in [0.25, 0.3) is 0 Å². The van der Waals surface area contributed by atoms with E-state index in [1.54, 1.807) is 6.92 Å². The summed E-state index contributed by atoms with van der Waals surface area (Å²) < 4.78 is 5.44. The van der Waals surface area contributed by atoms with E-state index in [1.807, 2.05) is 32.0 Å². The molecule has 1 aromatic rings. The zero-order chi connectivity index (χ0) is 12.1. The van der Waals surface area contributed by atoms with Crippen molar-refractivity contribution in [3.8, 4) is 5.75 Å². The molecule has 0 saturated carbocycles. The van der Waals surface area contributed by atoms with Gasteiger partial charge in [0.1, 0.15) is 5.75 Å². The highest BCUT2D eigenvalue weighted by Crippen LogP contribution is 2.25. The van der Waals surface area contributed by atoms with Gasteiger partial charge >= 0.3 is 0 Å². The van der Waals surface area contributed by atoms with Crippen LogP contribution in [-0.2, 0) is 4.79 Å². The van der Waals surface area contributed by atoms with Gasteiger partial charge in [-0.2, -0.15) is 0 Å². The highest BCUT2D eigenvalue weighted by atomic mass is 35.5. The van der Waals surface area contributed by atoms with Crippen molar-refractivity contribution in [2.75, 3.05) is 11.9 Å². The Morgan fingerprint density at radius 1 is 1.53 bits per heavy atom. The predicted molar refractivity (Wildman–Crippen MR) is 71.9 cm³/mol. The fourth-order valence-electron chi connectivity index (χ4n) is 1.25. The number of amides is 1. The molecule has 1 rings (SSSR count). The Hall–Kier alpha value is -1.26. The van der Waals surface area contributed by atoms with E-state index in [0.29, 0.717) is 18.0 Å². The van der Waals surface area contributed by atoms with Gasteiger partial charge < -0.3 is 15.8 Å². The molecule has 1 amide bonds. The molecule has 0 aliphatic heterocycles. The summed E-state index contributed by atoms with van der Waals surface area (Å²) in [5.41, 5.74) is 7.23. The van der Waals surface area contributed by atoms with Crippen LogP contribution in [0.15, 0.2) is 18.2 Å². The van der Waals surface area contributed by atoms with Gasteiger partial charge in [-0.05, 0) is 38.5 Å². The van der Waals surface area contributed by atoms with Crippen LogP contribution < -0.4 is 15.8 Å². The summed E-state index contributed by atoms with van der Waals surface area (Å²) in [5.74, 6) is 0.460. The lowest BCUT2D eigenvalue weighted by molar-refractivity contribution is -0.117. The van der Waals surface area contributed by atoms with E-state index in [-0.39, 0.29) is 18.3 Å². The number of rotatable bonds is 4. The molecular formula is C12H19ClN2O2. The summed E-state index contributed by atoms with van der Waals surface area (Å²) in [6.45, 7) is 6.08. The number of ether oxygens (including phenoxy) is 1. The van der Waals surface area contributed by atoms with E-state index < -0.39 is 6.04 Å². The lowest BCUT2D eigenvalue weighted by atomic mass is 10.2. The van der Waals surface area contributed by atoms with Crippen molar-refractivity contribution in [3.63, 3.8) is 0 Å². The van der Waals surface area contributed by atoms with Crippen molar-refractivity contribution in [1.29, 1.82) is 0 Å². The lowest BCUT2D eigenvalue weighted by Crippen LogP contribution is -2.32. The van der Waals surface area contributed by atoms with E-state index in [0.717, 1.165) is 5.56 Å². The Balaban J connectivity index is 0.00000256. The van der Waals surface area contributed by atoms with Gasteiger partial charge in [0, 0.05) is 0 Å². The van der Waals surface area contributed by atoms with Crippen molar-refractivity contribution in [2.45, 2.75) is 26.8 Å². The van der Waals surface area contributed by atoms with Crippen molar-refractivity contribution < 1.29 is 9.53 Å². The van der Waals surface area contributed by atoms with Gasteiger partial charge in [0.2, 0.25) is 5.91 Å². The second kappa shape index (κ2) is 7.14. The Bertz CT molecular complexity index is 381. The number of anilines is 1. The van der Waals surface area contributed by atoms with Gasteiger partial charge in [0.05, 0.1) is 18.3 Å². The van der Waals surface area contributed by atoms with E-state index in [9.17, 15) is 4.79 Å². The molecule has 96 valence electrons. The number of halogens is 1. The minimum Gasteiger partial charge on any atom is -0.492 e. The maximum atomic E-state index is 11.5. The molecule has 0 spiro atoms. The van der Waals surface area contributed by atoms with Crippen LogP contribution in [0.2, 0.25) is 0 Å². The third-order valence-electron chi connectivity index (χ3n) is 2.11. The molecule has 0 heterocycles. The molecule has 0 unspecified atom stereocenters. The highest BCUT2D eigenvalue weighted by Gasteiger charge is 2.11. The van der Waals surface area contributed by atoms with Crippen LogP contribution in [-0.4, -0.2) is 18.6 Å². The monoisotopic (exact) mass is 258 g/mol. The number of nitrogens with two attached hydrogens (primary N) is 1. The minimum atomic E-state index is -0.532. The van der Waals surface area contributed by atoms with E-state index in [1.165, 1.54) is 0 Å². The minimum absolute atomic E-state index is 0. The molecule has 0 bridgehead atoms. The average Bonchev–Trinajstić information content (AvgIpc) is 2.22. The molecule has 0 aliphatic carbocycles. The van der Waals surface area contributed by atoms with Crippen LogP contribution in [0.4, 0.5) is 5.69 Å². The van der Waals surface area contributed by atoms with Gasteiger partial charge in [0.15, 0.2) is 0 Å². The first-order chi connectivity index (χ1) is 7.54. The van der Waals surface area contributed by atoms with Crippen LogP contribution in [0.5, 0.6) is 5.75 Å². The number of nitrogens with one attached hydrogen (secondary N) is 1. The third-order valence-corrected chi connectivity index (χ3v) is 2.11. The first-order valence-corrected chi connectivity index (χ1v) is 5.34. The molecule has 0 fully saturated rings. The quantitative estimate of drug-likeness (QED) is 0.869. The van der Waals surface area contributed by atoms with Crippen molar-refractivity contribution in [2.24, 2.45) is 5.73 Å². The van der Waals surface area contributed by atoms with Gasteiger partial charge in [-0.15, -0.1) is 12.4 Å². The summed E-state index contributed by atoms with van der Waals surface area (Å²) in [6.07, 6.45) is 0. The Morgan fingerprint density at radius 2 is 2.18 bits per heavy atom. The SMILES string of the molecule is CCOc1cc(C)ccc1NC(=O)[C@H](C)N.Cl. The van der Waals surface area contributed by atoms with E-state index in [4.69, 9.17) is 10.5 Å². The van der Waals surface area contributed by atoms with Gasteiger partial charge in [0.25, 0.3) is 0 Å². The summed E-state index contributed by atoms with van der Waals surface area (Å²) in [5, 5.41) is 2.73. The second-order valence-corrected chi connectivity index (χ2v) is 3.71. The number of hydrogen-bond acceptors (Lipinski definition) is 3. The number of hydrogen-bond donors (Lipinski definition) is 2. The Morgan fingerprint density at radius 3 is 2.71 bits per heavy atom. The van der Waals surface area contributed by atoms with Crippen molar-refractivity contribution in [3.05, 3.63) is 23.8 Å². The maximum Gasteiger partial charge on any atom is 0.241 e. The molecule has 3 N–H and O–H groups in total. The fourth-order valence-corrected chi connectivity index (χ4v) is 1.25.